The Kier molecular flexibility index (Phi) is 7.30. The Labute approximate surface area is 261 Å². The maximum absolute atomic E-state index is 2.34. The van der Waals surface area contributed by atoms with Gasteiger partial charge in [-0.3, -0.25) is 0 Å². The molecule has 44 heavy (non-hydrogen) atoms. The van der Waals surface area contributed by atoms with Gasteiger partial charge < -0.3 is 4.90 Å². The summed E-state index contributed by atoms with van der Waals surface area (Å²) < 4.78 is 0. The van der Waals surface area contributed by atoms with Crippen LogP contribution in [-0.2, 0) is 5.41 Å². The molecule has 212 valence electrons. The van der Waals surface area contributed by atoms with Crippen LogP contribution in [0.3, 0.4) is 0 Å². The Morgan fingerprint density at radius 3 is 1.48 bits per heavy atom. The number of para-hydroxylation sites is 1. The average molecular weight is 566 g/mol. The lowest BCUT2D eigenvalue weighted by Gasteiger charge is -2.34. The van der Waals surface area contributed by atoms with Crippen LogP contribution in [-0.4, -0.2) is 0 Å². The van der Waals surface area contributed by atoms with Gasteiger partial charge in [0.05, 0.1) is 5.41 Å². The van der Waals surface area contributed by atoms with E-state index in [9.17, 15) is 0 Å². The molecular formula is C43H35N. The summed E-state index contributed by atoms with van der Waals surface area (Å²) in [6.45, 7) is 4.15. The molecule has 0 fully saturated rings. The monoisotopic (exact) mass is 565 g/mol. The van der Waals surface area contributed by atoms with E-state index >= 15 is 0 Å². The second-order valence-corrected chi connectivity index (χ2v) is 11.2. The largest absolute Gasteiger partial charge is 0.311 e. The van der Waals surface area contributed by atoms with E-state index in [-0.39, 0.29) is 0 Å². The topological polar surface area (TPSA) is 3.24 Å². The third-order valence-electron chi connectivity index (χ3n) is 8.85. The quantitative estimate of drug-likeness (QED) is 0.174. The van der Waals surface area contributed by atoms with E-state index < -0.39 is 5.41 Å². The zero-order valence-corrected chi connectivity index (χ0v) is 25.2. The minimum atomic E-state index is -0.401. The fourth-order valence-corrected chi connectivity index (χ4v) is 6.94. The molecule has 0 saturated heterocycles. The summed E-state index contributed by atoms with van der Waals surface area (Å²) in [7, 11) is 0. The van der Waals surface area contributed by atoms with Crippen molar-refractivity contribution in [2.75, 3.05) is 4.90 Å². The maximum atomic E-state index is 2.34. The summed E-state index contributed by atoms with van der Waals surface area (Å²) in [4.78, 5) is 2.34. The molecule has 0 aromatic heterocycles. The smallest absolute Gasteiger partial charge is 0.0713 e. The second-order valence-electron chi connectivity index (χ2n) is 11.2. The van der Waals surface area contributed by atoms with Gasteiger partial charge in [0.1, 0.15) is 0 Å². The molecule has 0 atom stereocenters. The van der Waals surface area contributed by atoms with E-state index in [0.29, 0.717) is 0 Å². The van der Waals surface area contributed by atoms with Crippen molar-refractivity contribution in [3.8, 4) is 11.1 Å². The summed E-state index contributed by atoms with van der Waals surface area (Å²) in [5.74, 6) is 0. The molecule has 0 bridgehead atoms. The predicted molar refractivity (Wildman–Crippen MR) is 187 cm³/mol. The van der Waals surface area contributed by atoms with E-state index in [1.165, 1.54) is 44.5 Å². The molecule has 1 heteroatoms. The van der Waals surface area contributed by atoms with E-state index in [0.717, 1.165) is 17.1 Å². The number of hydrogen-bond donors (Lipinski definition) is 0. The number of hydrogen-bond acceptors (Lipinski definition) is 1. The van der Waals surface area contributed by atoms with Gasteiger partial charge in [0.15, 0.2) is 0 Å². The van der Waals surface area contributed by atoms with Crippen molar-refractivity contribution in [3.63, 3.8) is 0 Å². The zero-order valence-electron chi connectivity index (χ0n) is 25.2. The van der Waals surface area contributed by atoms with Crippen LogP contribution in [0, 0.1) is 0 Å². The van der Waals surface area contributed by atoms with Crippen LogP contribution in [0.2, 0.25) is 0 Å². The van der Waals surface area contributed by atoms with Crippen LogP contribution in [0.15, 0.2) is 176 Å². The van der Waals surface area contributed by atoms with Gasteiger partial charge in [-0.15, -0.1) is 0 Å². The fraction of sp³-hybridized carbons (Fsp3) is 0.0698. The van der Waals surface area contributed by atoms with Crippen molar-refractivity contribution >= 4 is 22.6 Å². The molecule has 0 aliphatic heterocycles. The van der Waals surface area contributed by atoms with Gasteiger partial charge in [-0.2, -0.15) is 0 Å². The summed E-state index contributed by atoms with van der Waals surface area (Å²) in [5, 5.41) is 0. The van der Waals surface area contributed by atoms with Crippen molar-refractivity contribution in [2.24, 2.45) is 0 Å². The van der Waals surface area contributed by atoms with Crippen LogP contribution in [0.4, 0.5) is 17.1 Å². The van der Waals surface area contributed by atoms with E-state index in [1.54, 1.807) is 0 Å². The number of anilines is 3. The molecule has 0 unspecified atom stereocenters. The fourth-order valence-electron chi connectivity index (χ4n) is 6.94. The Morgan fingerprint density at radius 2 is 0.932 bits per heavy atom. The number of rotatable bonds is 7. The molecular weight excluding hydrogens is 530 g/mol. The highest BCUT2D eigenvalue weighted by atomic mass is 15.1. The van der Waals surface area contributed by atoms with Crippen molar-refractivity contribution in [1.29, 1.82) is 0 Å². The Hall–Kier alpha value is -5.40. The molecule has 0 amide bonds. The van der Waals surface area contributed by atoms with Gasteiger partial charge in [-0.05, 0) is 94.8 Å². The Morgan fingerprint density at radius 1 is 0.477 bits per heavy atom. The number of allylic oxidation sites excluding steroid dienone is 4. The highest BCUT2D eigenvalue weighted by Gasteiger charge is 2.45. The molecule has 0 radical (unpaired) electrons. The van der Waals surface area contributed by atoms with Crippen LogP contribution in [0.25, 0.3) is 16.7 Å². The molecule has 0 spiro atoms. The Balaban J connectivity index is 1.38. The molecule has 1 aliphatic rings. The van der Waals surface area contributed by atoms with Crippen molar-refractivity contribution < 1.29 is 0 Å². The van der Waals surface area contributed by atoms with E-state index in [2.05, 4.69) is 195 Å². The first kappa shape index (κ1) is 27.4. The molecule has 1 aliphatic carbocycles. The maximum Gasteiger partial charge on any atom is 0.0713 e. The molecule has 0 heterocycles. The van der Waals surface area contributed by atoms with Crippen molar-refractivity contribution in [1.82, 2.24) is 0 Å². The van der Waals surface area contributed by atoms with Gasteiger partial charge in [0, 0.05) is 17.1 Å². The number of benzene rings is 6. The highest BCUT2D eigenvalue weighted by molar-refractivity contribution is 5.87. The predicted octanol–water partition coefficient (Wildman–Crippen LogP) is 11.5. The van der Waals surface area contributed by atoms with Crippen molar-refractivity contribution in [2.45, 2.75) is 19.3 Å². The van der Waals surface area contributed by atoms with Gasteiger partial charge in [-0.1, -0.05) is 140 Å². The van der Waals surface area contributed by atoms with Gasteiger partial charge in [0.25, 0.3) is 0 Å². The first-order chi connectivity index (χ1) is 21.8. The van der Waals surface area contributed by atoms with Crippen molar-refractivity contribution in [3.05, 3.63) is 204 Å². The van der Waals surface area contributed by atoms with E-state index in [4.69, 9.17) is 0 Å². The summed E-state index contributed by atoms with van der Waals surface area (Å²) in [5.41, 5.74) is 13.2. The molecule has 0 N–H and O–H groups in total. The third kappa shape index (κ3) is 4.49. The lowest BCUT2D eigenvalue weighted by atomic mass is 9.68. The minimum absolute atomic E-state index is 0.401. The van der Waals surface area contributed by atoms with Crippen LogP contribution in [0.5, 0.6) is 0 Å². The SMILES string of the molecule is C/C=C\C(=C/C)c1ccc(N(c2ccccc2)c2ccc(C3(c4ccccc4)c4ccccc4-c4ccccc43)cc2)cc1. The summed E-state index contributed by atoms with van der Waals surface area (Å²) >= 11 is 0. The van der Waals surface area contributed by atoms with E-state index in [1.807, 2.05) is 0 Å². The first-order valence-electron chi connectivity index (χ1n) is 15.4. The molecule has 7 rings (SSSR count). The lowest BCUT2D eigenvalue weighted by Crippen LogP contribution is -2.28. The standard InChI is InChI=1S/C43H35N/c1-3-15-32(4-2)33-24-28-37(29-25-33)44(36-18-9-6-10-19-36)38-30-26-35(27-31-38)43(34-16-7-5-8-17-34)41-22-13-11-20-39(41)40-21-12-14-23-42(40)43/h3-31H,1-2H3/b15-3-,32-4+. The van der Waals surface area contributed by atoms with Gasteiger partial charge >= 0.3 is 0 Å². The third-order valence-corrected chi connectivity index (χ3v) is 8.85. The first-order valence-corrected chi connectivity index (χ1v) is 15.4. The highest BCUT2D eigenvalue weighted by Crippen LogP contribution is 2.56. The van der Waals surface area contributed by atoms with Gasteiger partial charge in [0.2, 0.25) is 0 Å². The molecule has 0 saturated carbocycles. The molecule has 6 aromatic rings. The number of fused-ring (bicyclic) bond motifs is 3. The van der Waals surface area contributed by atoms with Crippen LogP contribution < -0.4 is 4.90 Å². The zero-order chi connectivity index (χ0) is 29.9. The van der Waals surface area contributed by atoms with Crippen LogP contribution in [0.1, 0.15) is 41.7 Å². The lowest BCUT2D eigenvalue weighted by molar-refractivity contribution is 0.768. The number of nitrogens with zero attached hydrogens (tertiary/aromatic N) is 1. The summed E-state index contributed by atoms with van der Waals surface area (Å²) in [6, 6.07) is 57.5. The molecule has 1 nitrogen and oxygen atoms in total. The minimum Gasteiger partial charge on any atom is -0.311 e. The summed E-state index contributed by atoms with van der Waals surface area (Å²) in [6.07, 6.45) is 6.40. The van der Waals surface area contributed by atoms with Crippen LogP contribution >= 0.6 is 0 Å². The normalized spacial score (nSPS) is 13.5. The Bertz CT molecular complexity index is 1900. The van der Waals surface area contributed by atoms with Gasteiger partial charge in [-0.25, -0.2) is 0 Å². The average Bonchev–Trinajstić information content (AvgIpc) is 3.40. The second kappa shape index (κ2) is 11.7. The molecule has 6 aromatic carbocycles.